The fourth-order valence-electron chi connectivity index (χ4n) is 3.77. The molecule has 4 rings (SSSR count). The summed E-state index contributed by atoms with van der Waals surface area (Å²) in [5, 5.41) is 2.55. The maximum absolute atomic E-state index is 12.9. The predicted octanol–water partition coefficient (Wildman–Crippen LogP) is 2.42. The van der Waals surface area contributed by atoms with Gasteiger partial charge in [0.25, 0.3) is 5.91 Å². The summed E-state index contributed by atoms with van der Waals surface area (Å²) in [6.07, 6.45) is 1.18. The van der Waals surface area contributed by atoms with E-state index in [1.54, 1.807) is 17.0 Å². The molecule has 0 spiro atoms. The number of nitrogens with one attached hydrogen (secondary N) is 1. The molecule has 0 radical (unpaired) electrons. The lowest BCUT2D eigenvalue weighted by Gasteiger charge is -2.35. The Kier molecular flexibility index (Phi) is 5.46. The van der Waals surface area contributed by atoms with E-state index in [1.807, 2.05) is 42.5 Å². The molecule has 2 saturated heterocycles. The quantitative estimate of drug-likeness (QED) is 0.792. The summed E-state index contributed by atoms with van der Waals surface area (Å²) in [7, 11) is 0. The van der Waals surface area contributed by atoms with Crippen molar-refractivity contribution < 1.29 is 19.1 Å². The van der Waals surface area contributed by atoms with Crippen LogP contribution in [0.2, 0.25) is 0 Å². The Morgan fingerprint density at radius 1 is 1.03 bits per heavy atom. The molecule has 0 saturated carbocycles. The molecule has 0 atom stereocenters. The summed E-state index contributed by atoms with van der Waals surface area (Å²) in [5.41, 5.74) is 1.64. The standard InChI is InChI=1S/C22H23N3O4/c26-20-14-23-22(28)25(20)18-9-11-24(12-10-18)21(27)17-7-4-8-19(13-17)29-15-16-5-2-1-3-6-16/h1-8,13,18H,9-12,14-15H2,(H,23,28). The van der Waals surface area contributed by atoms with Crippen LogP contribution < -0.4 is 10.1 Å². The molecule has 2 fully saturated rings. The predicted molar refractivity (Wildman–Crippen MR) is 106 cm³/mol. The molecule has 150 valence electrons. The molecular weight excluding hydrogens is 370 g/mol. The van der Waals surface area contributed by atoms with Gasteiger partial charge in [-0.2, -0.15) is 0 Å². The number of amides is 4. The summed E-state index contributed by atoms with van der Waals surface area (Å²) < 4.78 is 5.82. The van der Waals surface area contributed by atoms with Gasteiger partial charge in [0.15, 0.2) is 0 Å². The van der Waals surface area contributed by atoms with E-state index in [9.17, 15) is 14.4 Å². The lowest BCUT2D eigenvalue weighted by molar-refractivity contribution is -0.127. The molecule has 0 bridgehead atoms. The number of hydrogen-bond acceptors (Lipinski definition) is 4. The molecule has 0 aliphatic carbocycles. The summed E-state index contributed by atoms with van der Waals surface area (Å²) in [5.74, 6) is 0.391. The van der Waals surface area contributed by atoms with Crippen molar-refractivity contribution in [1.82, 2.24) is 15.1 Å². The normalized spacial score (nSPS) is 17.4. The molecule has 29 heavy (non-hydrogen) atoms. The maximum Gasteiger partial charge on any atom is 0.324 e. The summed E-state index contributed by atoms with van der Waals surface area (Å²) in [4.78, 5) is 39.7. The number of rotatable bonds is 5. The van der Waals surface area contributed by atoms with Gasteiger partial charge in [0.2, 0.25) is 5.91 Å². The van der Waals surface area contributed by atoms with Crippen LogP contribution in [0.1, 0.15) is 28.8 Å². The van der Waals surface area contributed by atoms with Crippen LogP contribution in [0.3, 0.4) is 0 Å². The molecule has 2 aromatic rings. The molecule has 4 amide bonds. The van der Waals surface area contributed by atoms with Gasteiger partial charge in [-0.15, -0.1) is 0 Å². The molecule has 2 aliphatic rings. The average Bonchev–Trinajstić information content (AvgIpc) is 3.11. The molecule has 2 aromatic carbocycles. The minimum absolute atomic E-state index is 0.0632. The lowest BCUT2D eigenvalue weighted by atomic mass is 10.0. The Balaban J connectivity index is 1.35. The largest absolute Gasteiger partial charge is 0.489 e. The van der Waals surface area contributed by atoms with Crippen LogP contribution in [-0.2, 0) is 11.4 Å². The molecule has 0 aromatic heterocycles. The van der Waals surface area contributed by atoms with E-state index in [0.717, 1.165) is 5.56 Å². The first-order chi connectivity index (χ1) is 14.1. The van der Waals surface area contributed by atoms with Gasteiger partial charge in [-0.25, -0.2) is 4.79 Å². The first-order valence-electron chi connectivity index (χ1n) is 9.78. The van der Waals surface area contributed by atoms with Gasteiger partial charge in [0.05, 0.1) is 6.54 Å². The fraction of sp³-hybridized carbons (Fsp3) is 0.318. The smallest absolute Gasteiger partial charge is 0.324 e. The third-order valence-corrected chi connectivity index (χ3v) is 5.32. The van der Waals surface area contributed by atoms with E-state index in [0.29, 0.717) is 43.9 Å². The number of carbonyl (C=O) groups excluding carboxylic acids is 3. The van der Waals surface area contributed by atoms with Crippen molar-refractivity contribution in [3.05, 3.63) is 65.7 Å². The van der Waals surface area contributed by atoms with Gasteiger partial charge >= 0.3 is 6.03 Å². The zero-order valence-electron chi connectivity index (χ0n) is 16.0. The topological polar surface area (TPSA) is 79.0 Å². The SMILES string of the molecule is O=C(c1cccc(OCc2ccccc2)c1)N1CCC(N2C(=O)CNC2=O)CC1. The van der Waals surface area contributed by atoms with E-state index in [1.165, 1.54) is 4.90 Å². The highest BCUT2D eigenvalue weighted by atomic mass is 16.5. The van der Waals surface area contributed by atoms with Crippen molar-refractivity contribution in [2.45, 2.75) is 25.5 Å². The van der Waals surface area contributed by atoms with Gasteiger partial charge in [0.1, 0.15) is 12.4 Å². The number of urea groups is 1. The number of likely N-dealkylation sites (tertiary alicyclic amines) is 1. The van der Waals surface area contributed by atoms with E-state index in [-0.39, 0.29) is 30.4 Å². The first-order valence-corrected chi connectivity index (χ1v) is 9.78. The first kappa shape index (κ1) is 19.0. The number of piperidine rings is 1. The van der Waals surface area contributed by atoms with Gasteiger partial charge in [-0.3, -0.25) is 14.5 Å². The highest BCUT2D eigenvalue weighted by Gasteiger charge is 2.37. The Hall–Kier alpha value is -3.35. The van der Waals surface area contributed by atoms with Crippen LogP contribution in [-0.4, -0.2) is 53.3 Å². The molecule has 0 unspecified atom stereocenters. The average molecular weight is 393 g/mol. The second-order valence-corrected chi connectivity index (χ2v) is 7.25. The zero-order chi connectivity index (χ0) is 20.2. The number of imide groups is 1. The Labute approximate surface area is 169 Å². The minimum atomic E-state index is -0.331. The minimum Gasteiger partial charge on any atom is -0.489 e. The highest BCUT2D eigenvalue weighted by Crippen LogP contribution is 2.22. The molecule has 7 heteroatoms. The van der Waals surface area contributed by atoms with Crippen LogP contribution in [0.5, 0.6) is 5.75 Å². The Bertz CT molecular complexity index is 891. The van der Waals surface area contributed by atoms with Crippen LogP contribution in [0.25, 0.3) is 0 Å². The van der Waals surface area contributed by atoms with Crippen molar-refractivity contribution in [1.29, 1.82) is 0 Å². The van der Waals surface area contributed by atoms with Crippen molar-refractivity contribution in [3.8, 4) is 5.75 Å². The van der Waals surface area contributed by atoms with Crippen molar-refractivity contribution in [2.75, 3.05) is 19.6 Å². The second kappa shape index (κ2) is 8.34. The summed E-state index contributed by atoms with van der Waals surface area (Å²) in [6, 6.07) is 16.6. The summed E-state index contributed by atoms with van der Waals surface area (Å²) in [6.45, 7) is 1.52. The van der Waals surface area contributed by atoms with E-state index in [2.05, 4.69) is 5.32 Å². The lowest BCUT2D eigenvalue weighted by Crippen LogP contribution is -2.49. The number of benzene rings is 2. The number of hydrogen-bond donors (Lipinski definition) is 1. The molecule has 2 heterocycles. The molecular formula is C22H23N3O4. The fourth-order valence-corrected chi connectivity index (χ4v) is 3.77. The van der Waals surface area contributed by atoms with Gasteiger partial charge in [-0.1, -0.05) is 36.4 Å². The zero-order valence-corrected chi connectivity index (χ0v) is 16.0. The molecule has 1 N–H and O–H groups in total. The van der Waals surface area contributed by atoms with Gasteiger partial charge in [0, 0.05) is 24.7 Å². The van der Waals surface area contributed by atoms with E-state index >= 15 is 0 Å². The van der Waals surface area contributed by atoms with Gasteiger partial charge in [-0.05, 0) is 36.6 Å². The second-order valence-electron chi connectivity index (χ2n) is 7.25. The maximum atomic E-state index is 12.9. The third kappa shape index (κ3) is 4.23. The van der Waals surface area contributed by atoms with Gasteiger partial charge < -0.3 is 15.0 Å². The molecule has 2 aliphatic heterocycles. The number of nitrogens with zero attached hydrogens (tertiary/aromatic N) is 2. The van der Waals surface area contributed by atoms with Crippen LogP contribution in [0.4, 0.5) is 4.79 Å². The van der Waals surface area contributed by atoms with E-state index in [4.69, 9.17) is 4.74 Å². The summed E-state index contributed by atoms with van der Waals surface area (Å²) >= 11 is 0. The van der Waals surface area contributed by atoms with Crippen LogP contribution in [0, 0.1) is 0 Å². The monoisotopic (exact) mass is 393 g/mol. The van der Waals surface area contributed by atoms with Crippen LogP contribution >= 0.6 is 0 Å². The Morgan fingerprint density at radius 3 is 2.48 bits per heavy atom. The molecule has 7 nitrogen and oxygen atoms in total. The third-order valence-electron chi connectivity index (χ3n) is 5.32. The van der Waals surface area contributed by atoms with Crippen molar-refractivity contribution in [2.24, 2.45) is 0 Å². The number of ether oxygens (including phenoxy) is 1. The Morgan fingerprint density at radius 2 is 1.79 bits per heavy atom. The van der Waals surface area contributed by atoms with E-state index < -0.39 is 0 Å². The van der Waals surface area contributed by atoms with Crippen molar-refractivity contribution in [3.63, 3.8) is 0 Å². The highest BCUT2D eigenvalue weighted by molar-refractivity contribution is 6.02. The van der Waals surface area contributed by atoms with Crippen LogP contribution in [0.15, 0.2) is 54.6 Å². The van der Waals surface area contributed by atoms with Crippen molar-refractivity contribution >= 4 is 17.8 Å². The number of carbonyl (C=O) groups is 3.